The summed E-state index contributed by atoms with van der Waals surface area (Å²) in [5, 5.41) is 10.5. The van der Waals surface area contributed by atoms with Gasteiger partial charge in [0.1, 0.15) is 18.2 Å². The van der Waals surface area contributed by atoms with E-state index in [-0.39, 0.29) is 11.5 Å². The second-order valence-electron chi connectivity index (χ2n) is 2.49. The molecule has 1 heterocycles. The van der Waals surface area contributed by atoms with Crippen LogP contribution in [0.25, 0.3) is 0 Å². The highest BCUT2D eigenvalue weighted by molar-refractivity contribution is 7.89. The number of rotatable bonds is 4. The van der Waals surface area contributed by atoms with E-state index in [1.54, 1.807) is 0 Å². The van der Waals surface area contributed by atoms with Crippen molar-refractivity contribution in [2.45, 2.75) is 0 Å². The Morgan fingerprint density at radius 2 is 2.36 bits per heavy atom. The standard InChI is InChI=1S/C6H9FN4O2S/c7-2-4-14(12,13)11-3-1-5(10-11)6(8)9/h1,3H,2,4H2,(H3,8,9). The van der Waals surface area contributed by atoms with Crippen LogP contribution in [0.3, 0.4) is 0 Å². The van der Waals surface area contributed by atoms with E-state index in [0.717, 1.165) is 6.20 Å². The molecule has 0 amide bonds. The van der Waals surface area contributed by atoms with Crippen molar-refractivity contribution in [3.8, 4) is 0 Å². The molecule has 14 heavy (non-hydrogen) atoms. The summed E-state index contributed by atoms with van der Waals surface area (Å²) in [6.45, 7) is -0.975. The Morgan fingerprint density at radius 1 is 1.71 bits per heavy atom. The average molecular weight is 220 g/mol. The summed E-state index contributed by atoms with van der Waals surface area (Å²) in [6.07, 6.45) is 1.13. The van der Waals surface area contributed by atoms with Gasteiger partial charge in [0, 0.05) is 6.20 Å². The molecule has 0 unspecified atom stereocenters. The molecule has 8 heteroatoms. The first-order valence-corrected chi connectivity index (χ1v) is 5.27. The summed E-state index contributed by atoms with van der Waals surface area (Å²) in [7, 11) is -3.74. The van der Waals surface area contributed by atoms with Crippen molar-refractivity contribution in [1.82, 2.24) is 9.19 Å². The number of halogens is 1. The first-order chi connectivity index (χ1) is 6.47. The van der Waals surface area contributed by atoms with Gasteiger partial charge in [0.05, 0.1) is 5.75 Å². The van der Waals surface area contributed by atoms with Crippen molar-refractivity contribution in [2.24, 2.45) is 5.73 Å². The van der Waals surface area contributed by atoms with E-state index in [1.807, 2.05) is 0 Å². The summed E-state index contributed by atoms with van der Waals surface area (Å²) in [6, 6.07) is 1.28. The highest BCUT2D eigenvalue weighted by Crippen LogP contribution is 2.00. The maximum absolute atomic E-state index is 11.9. The number of nitrogens with two attached hydrogens (primary N) is 1. The maximum atomic E-state index is 11.9. The second-order valence-corrected chi connectivity index (χ2v) is 4.44. The summed E-state index contributed by atoms with van der Waals surface area (Å²) in [4.78, 5) is 0. The van der Waals surface area contributed by atoms with E-state index in [4.69, 9.17) is 11.1 Å². The number of amidine groups is 1. The average Bonchev–Trinajstić information content (AvgIpc) is 2.51. The smallest absolute Gasteiger partial charge is 0.256 e. The van der Waals surface area contributed by atoms with Gasteiger partial charge < -0.3 is 5.73 Å². The van der Waals surface area contributed by atoms with Gasteiger partial charge >= 0.3 is 0 Å². The fourth-order valence-electron chi connectivity index (χ4n) is 0.797. The van der Waals surface area contributed by atoms with Crippen LogP contribution in [0.2, 0.25) is 0 Å². The fourth-order valence-corrected chi connectivity index (χ4v) is 1.64. The second kappa shape index (κ2) is 3.74. The molecule has 0 atom stereocenters. The monoisotopic (exact) mass is 220 g/mol. The van der Waals surface area contributed by atoms with E-state index >= 15 is 0 Å². The number of nitrogen functional groups attached to an aromatic ring is 1. The predicted molar refractivity (Wildman–Crippen MR) is 48.4 cm³/mol. The zero-order valence-corrected chi connectivity index (χ0v) is 7.96. The Kier molecular flexibility index (Phi) is 2.84. The van der Waals surface area contributed by atoms with E-state index in [2.05, 4.69) is 5.10 Å². The van der Waals surface area contributed by atoms with Crippen molar-refractivity contribution >= 4 is 15.9 Å². The SMILES string of the molecule is N=C(N)c1ccn(S(=O)(=O)CCF)n1. The van der Waals surface area contributed by atoms with Crippen LogP contribution in [0, 0.1) is 5.41 Å². The molecule has 0 fully saturated rings. The molecule has 0 radical (unpaired) electrons. The van der Waals surface area contributed by atoms with Crippen molar-refractivity contribution in [2.75, 3.05) is 12.4 Å². The van der Waals surface area contributed by atoms with Crippen LogP contribution in [-0.2, 0) is 10.0 Å². The summed E-state index contributed by atoms with van der Waals surface area (Å²) >= 11 is 0. The number of hydrogen-bond donors (Lipinski definition) is 2. The third-order valence-corrected chi connectivity index (χ3v) is 2.91. The lowest BCUT2D eigenvalue weighted by molar-refractivity contribution is 0.512. The summed E-state index contributed by atoms with van der Waals surface area (Å²) < 4.78 is 34.9. The van der Waals surface area contributed by atoms with Crippen LogP contribution in [0.5, 0.6) is 0 Å². The fraction of sp³-hybridized carbons (Fsp3) is 0.333. The van der Waals surface area contributed by atoms with Gasteiger partial charge in [-0.25, -0.2) is 12.8 Å². The van der Waals surface area contributed by atoms with E-state index in [1.165, 1.54) is 6.07 Å². The van der Waals surface area contributed by atoms with Crippen LogP contribution >= 0.6 is 0 Å². The lowest BCUT2D eigenvalue weighted by atomic mass is 10.4. The van der Waals surface area contributed by atoms with Crippen LogP contribution in [-0.4, -0.2) is 35.9 Å². The first kappa shape index (κ1) is 10.6. The molecule has 0 aliphatic carbocycles. The normalized spacial score (nSPS) is 11.5. The Labute approximate surface area is 80.1 Å². The Hall–Kier alpha value is -1.44. The minimum Gasteiger partial charge on any atom is -0.382 e. The molecule has 3 N–H and O–H groups in total. The number of nitrogens with zero attached hydrogens (tertiary/aromatic N) is 2. The number of nitrogens with one attached hydrogen (secondary N) is 1. The van der Waals surface area contributed by atoms with Gasteiger partial charge in [-0.3, -0.25) is 5.41 Å². The molecule has 1 aromatic rings. The quantitative estimate of drug-likeness (QED) is 0.518. The Morgan fingerprint density at radius 3 is 2.79 bits per heavy atom. The van der Waals surface area contributed by atoms with Gasteiger partial charge in [-0.05, 0) is 6.07 Å². The van der Waals surface area contributed by atoms with Gasteiger partial charge in [-0.15, -0.1) is 0 Å². The predicted octanol–water partition coefficient (Wildman–Crippen LogP) is -0.685. The van der Waals surface area contributed by atoms with Crippen LogP contribution in [0.4, 0.5) is 4.39 Å². The summed E-state index contributed by atoms with van der Waals surface area (Å²) in [5.41, 5.74) is 5.13. The number of aromatic nitrogens is 2. The van der Waals surface area contributed by atoms with Crippen LogP contribution in [0.15, 0.2) is 12.3 Å². The minimum atomic E-state index is -3.74. The third kappa shape index (κ3) is 2.08. The highest BCUT2D eigenvalue weighted by atomic mass is 32.2. The molecule has 6 nitrogen and oxygen atoms in total. The van der Waals surface area contributed by atoms with Gasteiger partial charge in [0.2, 0.25) is 0 Å². The first-order valence-electron chi connectivity index (χ1n) is 3.66. The molecule has 0 aliphatic heterocycles. The number of hydrogen-bond acceptors (Lipinski definition) is 4. The molecule has 1 rings (SSSR count). The van der Waals surface area contributed by atoms with E-state index < -0.39 is 22.5 Å². The summed E-state index contributed by atoms with van der Waals surface area (Å²) in [5.74, 6) is -0.967. The van der Waals surface area contributed by atoms with Gasteiger partial charge in [0.25, 0.3) is 10.0 Å². The largest absolute Gasteiger partial charge is 0.382 e. The molecule has 1 aromatic heterocycles. The maximum Gasteiger partial charge on any atom is 0.256 e. The Bertz CT molecular complexity index is 438. The zero-order chi connectivity index (χ0) is 10.8. The topological polar surface area (TPSA) is 102 Å². The minimum absolute atomic E-state index is 0.0485. The molecule has 0 aromatic carbocycles. The molecular formula is C6H9FN4O2S. The van der Waals surface area contributed by atoms with Crippen molar-refractivity contribution in [3.05, 3.63) is 18.0 Å². The van der Waals surface area contributed by atoms with Crippen molar-refractivity contribution < 1.29 is 12.8 Å². The lowest BCUT2D eigenvalue weighted by Crippen LogP contribution is -2.20. The van der Waals surface area contributed by atoms with Gasteiger partial charge in [-0.2, -0.15) is 9.19 Å². The van der Waals surface area contributed by atoms with Gasteiger partial charge in [-0.1, -0.05) is 0 Å². The van der Waals surface area contributed by atoms with E-state index in [9.17, 15) is 12.8 Å². The zero-order valence-electron chi connectivity index (χ0n) is 7.14. The molecule has 0 saturated heterocycles. The highest BCUT2D eigenvalue weighted by Gasteiger charge is 2.14. The van der Waals surface area contributed by atoms with Crippen molar-refractivity contribution in [3.63, 3.8) is 0 Å². The van der Waals surface area contributed by atoms with Crippen LogP contribution in [0.1, 0.15) is 5.69 Å². The van der Waals surface area contributed by atoms with E-state index in [0.29, 0.717) is 4.09 Å². The molecule has 0 aliphatic rings. The van der Waals surface area contributed by atoms with Crippen molar-refractivity contribution in [1.29, 1.82) is 5.41 Å². The Balaban J connectivity index is 3.03. The third-order valence-electron chi connectivity index (χ3n) is 1.46. The number of alkyl halides is 1. The molecular weight excluding hydrogens is 211 g/mol. The van der Waals surface area contributed by atoms with Crippen LogP contribution < -0.4 is 5.73 Å². The molecule has 0 bridgehead atoms. The van der Waals surface area contributed by atoms with Gasteiger partial charge in [0.15, 0.2) is 0 Å². The lowest BCUT2D eigenvalue weighted by Gasteiger charge is -1.99. The molecule has 0 saturated carbocycles. The molecule has 78 valence electrons. The molecule has 0 spiro atoms.